The highest BCUT2D eigenvalue weighted by atomic mass is 16.6. The molecule has 2 heterocycles. The summed E-state index contributed by atoms with van der Waals surface area (Å²) in [5.74, 6) is -0.0782. The van der Waals surface area contributed by atoms with Crippen molar-refractivity contribution in [3.8, 4) is 17.1 Å². The predicted octanol–water partition coefficient (Wildman–Crippen LogP) is 3.00. The minimum absolute atomic E-state index is 0.113. The number of methoxy groups -OCH3 is 1. The van der Waals surface area contributed by atoms with E-state index in [1.165, 1.54) is 25.5 Å². The molecule has 1 aliphatic heterocycles. The smallest absolute Gasteiger partial charge is 0.284 e. The SMILES string of the molecule is COc1ccc(-c2ccc(/C=N\N3C(=O)[C@H]4[C@H](C3=O)[C@H]3C=C[C@H]4C3)o2)c([N+](=O)[O-])c1. The summed E-state index contributed by atoms with van der Waals surface area (Å²) in [6.45, 7) is 0. The van der Waals surface area contributed by atoms with Gasteiger partial charge in [-0.05, 0) is 42.5 Å². The topological polar surface area (TPSA) is 115 Å². The molecule has 2 aliphatic carbocycles. The molecule has 5 rings (SSSR count). The molecule has 0 unspecified atom stereocenters. The van der Waals surface area contributed by atoms with Gasteiger partial charge in [0.1, 0.15) is 17.3 Å². The molecular weight excluding hydrogens is 390 g/mol. The van der Waals surface area contributed by atoms with Gasteiger partial charge in [-0.2, -0.15) is 10.1 Å². The van der Waals surface area contributed by atoms with Crippen molar-refractivity contribution >= 4 is 23.7 Å². The Morgan fingerprint density at radius 3 is 2.50 bits per heavy atom. The summed E-state index contributed by atoms with van der Waals surface area (Å²) >= 11 is 0. The first kappa shape index (κ1) is 18.3. The second-order valence-electron chi connectivity index (χ2n) is 7.57. The Labute approximate surface area is 170 Å². The van der Waals surface area contributed by atoms with Crippen LogP contribution in [0.4, 0.5) is 5.69 Å². The first-order valence-electron chi connectivity index (χ1n) is 9.50. The fourth-order valence-electron chi connectivity index (χ4n) is 4.68. The highest BCUT2D eigenvalue weighted by Gasteiger charge is 2.59. The van der Waals surface area contributed by atoms with Gasteiger partial charge in [-0.25, -0.2) is 0 Å². The molecule has 3 aliphatic rings. The molecular formula is C21H17N3O6. The van der Waals surface area contributed by atoms with Crippen LogP contribution in [0.25, 0.3) is 11.3 Å². The maximum absolute atomic E-state index is 12.7. The minimum Gasteiger partial charge on any atom is -0.497 e. The molecule has 1 saturated heterocycles. The number of carbonyl (C=O) groups is 2. The van der Waals surface area contributed by atoms with Gasteiger partial charge in [-0.1, -0.05) is 12.2 Å². The number of amides is 2. The molecule has 2 fully saturated rings. The molecule has 2 bridgehead atoms. The Morgan fingerprint density at radius 2 is 1.87 bits per heavy atom. The van der Waals surface area contributed by atoms with Crippen molar-refractivity contribution in [1.29, 1.82) is 0 Å². The highest BCUT2D eigenvalue weighted by molar-refractivity contribution is 6.06. The molecule has 1 aromatic heterocycles. The Kier molecular flexibility index (Phi) is 4.05. The largest absolute Gasteiger partial charge is 0.497 e. The molecule has 2 amide bonds. The number of hydrogen-bond donors (Lipinski definition) is 0. The van der Waals surface area contributed by atoms with Crippen LogP contribution in [-0.2, 0) is 9.59 Å². The average molecular weight is 407 g/mol. The van der Waals surface area contributed by atoms with Gasteiger partial charge in [0.2, 0.25) is 0 Å². The number of nitrogens with zero attached hydrogens (tertiary/aromatic N) is 3. The van der Waals surface area contributed by atoms with Crippen molar-refractivity contribution in [2.24, 2.45) is 28.8 Å². The Balaban J connectivity index is 1.39. The van der Waals surface area contributed by atoms with E-state index in [4.69, 9.17) is 9.15 Å². The third-order valence-electron chi connectivity index (χ3n) is 6.04. The molecule has 30 heavy (non-hydrogen) atoms. The van der Waals surface area contributed by atoms with Crippen molar-refractivity contribution < 1.29 is 23.7 Å². The Hall–Kier alpha value is -3.75. The number of furan rings is 1. The number of hydrazone groups is 1. The number of ether oxygens (including phenoxy) is 1. The molecule has 0 N–H and O–H groups in total. The molecule has 9 nitrogen and oxygen atoms in total. The van der Waals surface area contributed by atoms with Gasteiger partial charge < -0.3 is 9.15 Å². The van der Waals surface area contributed by atoms with E-state index in [2.05, 4.69) is 5.10 Å². The van der Waals surface area contributed by atoms with E-state index in [1.54, 1.807) is 18.2 Å². The van der Waals surface area contributed by atoms with Gasteiger partial charge in [-0.3, -0.25) is 19.7 Å². The van der Waals surface area contributed by atoms with E-state index in [9.17, 15) is 19.7 Å². The number of carbonyl (C=O) groups excluding carboxylic acids is 2. The molecule has 1 saturated carbocycles. The van der Waals surface area contributed by atoms with Crippen molar-refractivity contribution in [3.63, 3.8) is 0 Å². The predicted molar refractivity (Wildman–Crippen MR) is 105 cm³/mol. The Bertz CT molecular complexity index is 1100. The van der Waals surface area contributed by atoms with Gasteiger partial charge in [0.15, 0.2) is 0 Å². The minimum atomic E-state index is -0.517. The van der Waals surface area contributed by atoms with Crippen LogP contribution in [-0.4, -0.2) is 35.1 Å². The fraction of sp³-hybridized carbons (Fsp3) is 0.286. The van der Waals surface area contributed by atoms with Crippen LogP contribution >= 0.6 is 0 Å². The maximum atomic E-state index is 12.7. The van der Waals surface area contributed by atoms with Crippen LogP contribution in [0.3, 0.4) is 0 Å². The number of fused-ring (bicyclic) bond motifs is 5. The van der Waals surface area contributed by atoms with E-state index in [0.717, 1.165) is 11.4 Å². The normalized spacial score (nSPS) is 26.8. The van der Waals surface area contributed by atoms with Crippen LogP contribution in [0.1, 0.15) is 12.2 Å². The second-order valence-corrected chi connectivity index (χ2v) is 7.57. The average Bonchev–Trinajstić information content (AvgIpc) is 3.51. The maximum Gasteiger partial charge on any atom is 0.284 e. The lowest BCUT2D eigenvalue weighted by Gasteiger charge is -2.13. The van der Waals surface area contributed by atoms with Crippen molar-refractivity contribution in [2.75, 3.05) is 7.11 Å². The molecule has 1 aromatic carbocycles. The third-order valence-corrected chi connectivity index (χ3v) is 6.04. The summed E-state index contributed by atoms with van der Waals surface area (Å²) in [6.07, 6.45) is 6.17. The number of rotatable bonds is 5. The second kappa shape index (κ2) is 6.65. The molecule has 9 heteroatoms. The zero-order valence-corrected chi connectivity index (χ0v) is 15.9. The summed E-state index contributed by atoms with van der Waals surface area (Å²) in [4.78, 5) is 36.2. The van der Waals surface area contributed by atoms with Gasteiger partial charge in [0.05, 0.1) is 41.7 Å². The van der Waals surface area contributed by atoms with Crippen molar-refractivity contribution in [3.05, 3.63) is 58.4 Å². The third kappa shape index (κ3) is 2.66. The number of allylic oxidation sites excluding steroid dienone is 2. The molecule has 0 radical (unpaired) electrons. The fourth-order valence-corrected chi connectivity index (χ4v) is 4.68. The molecule has 2 aromatic rings. The van der Waals surface area contributed by atoms with E-state index in [-0.39, 0.29) is 58.3 Å². The molecule has 152 valence electrons. The lowest BCUT2D eigenvalue weighted by Crippen LogP contribution is -2.28. The quantitative estimate of drug-likeness (QED) is 0.247. The summed E-state index contributed by atoms with van der Waals surface area (Å²) < 4.78 is 10.7. The summed E-state index contributed by atoms with van der Waals surface area (Å²) in [5, 5.41) is 16.4. The van der Waals surface area contributed by atoms with Crippen LogP contribution in [0.15, 0.2) is 52.0 Å². The standard InChI is InChI=1S/C21H17N3O6/c1-29-13-4-6-15(16(9-13)24(27)28)17-7-5-14(30-17)10-22-23-20(25)18-11-2-3-12(8-11)19(18)21(23)26/h2-7,9-12,18-19H,8H2,1H3/b22-10-/t11-,12-,18+,19+/m0/s1. The number of nitro benzene ring substituents is 1. The monoisotopic (exact) mass is 407 g/mol. The van der Waals surface area contributed by atoms with Crippen LogP contribution in [0, 0.1) is 33.8 Å². The van der Waals surface area contributed by atoms with E-state index >= 15 is 0 Å². The van der Waals surface area contributed by atoms with Gasteiger partial charge in [0, 0.05) is 0 Å². The molecule has 4 atom stereocenters. The zero-order chi connectivity index (χ0) is 21.0. The highest BCUT2D eigenvalue weighted by Crippen LogP contribution is 2.52. The van der Waals surface area contributed by atoms with Gasteiger partial charge in [-0.15, -0.1) is 0 Å². The van der Waals surface area contributed by atoms with E-state index in [1.807, 2.05) is 12.2 Å². The number of benzene rings is 1. The van der Waals surface area contributed by atoms with Gasteiger partial charge in [0.25, 0.3) is 17.5 Å². The van der Waals surface area contributed by atoms with Crippen molar-refractivity contribution in [2.45, 2.75) is 6.42 Å². The Morgan fingerprint density at radius 1 is 1.17 bits per heavy atom. The van der Waals surface area contributed by atoms with Gasteiger partial charge >= 0.3 is 0 Å². The number of imide groups is 1. The van der Waals surface area contributed by atoms with E-state index in [0.29, 0.717) is 5.75 Å². The van der Waals surface area contributed by atoms with Crippen molar-refractivity contribution in [1.82, 2.24) is 5.01 Å². The number of hydrogen-bond acceptors (Lipinski definition) is 7. The zero-order valence-electron chi connectivity index (χ0n) is 15.9. The van der Waals surface area contributed by atoms with Crippen LogP contribution in [0.2, 0.25) is 0 Å². The number of nitro groups is 1. The summed E-state index contributed by atoms with van der Waals surface area (Å²) in [5.41, 5.74) is 0.124. The summed E-state index contributed by atoms with van der Waals surface area (Å²) in [7, 11) is 1.43. The first-order valence-corrected chi connectivity index (χ1v) is 9.50. The van der Waals surface area contributed by atoms with E-state index < -0.39 is 4.92 Å². The molecule has 0 spiro atoms. The van der Waals surface area contributed by atoms with Crippen LogP contribution in [0.5, 0.6) is 5.75 Å². The van der Waals surface area contributed by atoms with Crippen LogP contribution < -0.4 is 4.74 Å². The first-order chi connectivity index (χ1) is 14.5. The summed E-state index contributed by atoms with van der Waals surface area (Å²) in [6, 6.07) is 7.59. The lowest BCUT2D eigenvalue weighted by molar-refractivity contribution is -0.384. The lowest BCUT2D eigenvalue weighted by atomic mass is 9.85.